The molecule has 0 bridgehead atoms. The average molecular weight is 348 g/mol. The molecule has 0 radical (unpaired) electrons. The summed E-state index contributed by atoms with van der Waals surface area (Å²) in [6.45, 7) is 3.60. The summed E-state index contributed by atoms with van der Waals surface area (Å²) in [6, 6.07) is 6.46. The number of amides is 3. The molecular formula is C17H20N2O6. The zero-order chi connectivity index (χ0) is 18.4. The molecule has 2 N–H and O–H groups in total. The number of carbonyl (C=O) groups is 3. The Morgan fingerprint density at radius 1 is 1.24 bits per heavy atom. The van der Waals surface area contributed by atoms with Crippen molar-refractivity contribution in [2.24, 2.45) is 0 Å². The molecule has 0 aliphatic carbocycles. The first kappa shape index (κ1) is 18.5. The minimum Gasteiger partial charge on any atom is -0.449 e. The maximum atomic E-state index is 12.4. The lowest BCUT2D eigenvalue weighted by Gasteiger charge is -2.12. The Morgan fingerprint density at radius 2 is 1.96 bits per heavy atom. The van der Waals surface area contributed by atoms with E-state index in [-0.39, 0.29) is 12.4 Å². The molecule has 1 unspecified atom stereocenters. The maximum absolute atomic E-state index is 12.4. The minimum absolute atomic E-state index is 0.0271. The van der Waals surface area contributed by atoms with Gasteiger partial charge in [0.25, 0.3) is 5.91 Å². The molecule has 134 valence electrons. The number of hydrogen-bond donors (Lipinski definition) is 2. The first-order valence-corrected chi connectivity index (χ1v) is 7.76. The fourth-order valence-corrected chi connectivity index (χ4v) is 2.24. The van der Waals surface area contributed by atoms with E-state index in [9.17, 15) is 14.4 Å². The quantitative estimate of drug-likeness (QED) is 0.773. The number of ether oxygens (including phenoxy) is 2. The molecule has 1 aromatic carbocycles. The van der Waals surface area contributed by atoms with Gasteiger partial charge >= 0.3 is 12.0 Å². The SMILES string of the molecule is CCNC(=O)NC(=O)C(C)OC(=O)c1oc2ccccc2c1COC. The van der Waals surface area contributed by atoms with Gasteiger partial charge in [-0.05, 0) is 19.9 Å². The number of carbonyl (C=O) groups excluding carboxylic acids is 3. The van der Waals surface area contributed by atoms with Crippen LogP contribution in [-0.2, 0) is 20.9 Å². The van der Waals surface area contributed by atoms with Crippen molar-refractivity contribution in [3.8, 4) is 0 Å². The number of urea groups is 1. The van der Waals surface area contributed by atoms with Gasteiger partial charge in [0, 0.05) is 24.6 Å². The summed E-state index contributed by atoms with van der Waals surface area (Å²) in [6.07, 6.45) is -1.17. The van der Waals surface area contributed by atoms with E-state index >= 15 is 0 Å². The van der Waals surface area contributed by atoms with Crippen LogP contribution in [0.5, 0.6) is 0 Å². The molecule has 2 aromatic rings. The topological polar surface area (TPSA) is 107 Å². The van der Waals surface area contributed by atoms with E-state index in [1.54, 1.807) is 25.1 Å². The Kier molecular flexibility index (Phi) is 6.13. The highest BCUT2D eigenvalue weighted by Gasteiger charge is 2.26. The van der Waals surface area contributed by atoms with Crippen LogP contribution < -0.4 is 10.6 Å². The van der Waals surface area contributed by atoms with Gasteiger partial charge in [0.05, 0.1) is 6.61 Å². The monoisotopic (exact) mass is 348 g/mol. The van der Waals surface area contributed by atoms with E-state index in [0.29, 0.717) is 17.7 Å². The van der Waals surface area contributed by atoms with Crippen molar-refractivity contribution in [1.29, 1.82) is 0 Å². The van der Waals surface area contributed by atoms with E-state index in [0.717, 1.165) is 5.39 Å². The lowest BCUT2D eigenvalue weighted by molar-refractivity contribution is -0.128. The van der Waals surface area contributed by atoms with Crippen LogP contribution >= 0.6 is 0 Å². The highest BCUT2D eigenvalue weighted by molar-refractivity contribution is 6.00. The maximum Gasteiger partial charge on any atom is 0.375 e. The van der Waals surface area contributed by atoms with Crippen molar-refractivity contribution < 1.29 is 28.3 Å². The Hall–Kier alpha value is -2.87. The first-order chi connectivity index (χ1) is 12.0. The Labute approximate surface area is 144 Å². The molecule has 0 aliphatic heterocycles. The van der Waals surface area contributed by atoms with E-state index < -0.39 is 24.0 Å². The zero-order valence-corrected chi connectivity index (χ0v) is 14.3. The predicted molar refractivity (Wildman–Crippen MR) is 89.0 cm³/mol. The summed E-state index contributed by atoms with van der Waals surface area (Å²) < 4.78 is 15.8. The number of nitrogens with one attached hydrogen (secondary N) is 2. The summed E-state index contributed by atoms with van der Waals surface area (Å²) in [5, 5.41) is 5.23. The third kappa shape index (κ3) is 4.36. The van der Waals surface area contributed by atoms with Gasteiger partial charge < -0.3 is 19.2 Å². The lowest BCUT2D eigenvalue weighted by Crippen LogP contribution is -2.44. The van der Waals surface area contributed by atoms with Crippen LogP contribution in [-0.4, -0.2) is 37.7 Å². The number of imide groups is 1. The van der Waals surface area contributed by atoms with Gasteiger partial charge in [-0.3, -0.25) is 10.1 Å². The molecule has 25 heavy (non-hydrogen) atoms. The van der Waals surface area contributed by atoms with E-state index in [2.05, 4.69) is 10.6 Å². The van der Waals surface area contributed by atoms with Gasteiger partial charge in [-0.25, -0.2) is 9.59 Å². The smallest absolute Gasteiger partial charge is 0.375 e. The number of benzene rings is 1. The number of fused-ring (bicyclic) bond motifs is 1. The van der Waals surface area contributed by atoms with Crippen molar-refractivity contribution in [2.45, 2.75) is 26.6 Å². The third-order valence-corrected chi connectivity index (χ3v) is 3.40. The molecule has 1 heterocycles. The molecule has 0 spiro atoms. The number of para-hydroxylation sites is 1. The van der Waals surface area contributed by atoms with Crippen LogP contribution in [0.3, 0.4) is 0 Å². The normalized spacial score (nSPS) is 11.8. The van der Waals surface area contributed by atoms with Crippen molar-refractivity contribution in [2.75, 3.05) is 13.7 Å². The Balaban J connectivity index is 2.15. The van der Waals surface area contributed by atoms with Gasteiger partial charge in [-0.2, -0.15) is 0 Å². The van der Waals surface area contributed by atoms with Crippen LogP contribution in [0.4, 0.5) is 4.79 Å². The second-order valence-electron chi connectivity index (χ2n) is 5.24. The van der Waals surface area contributed by atoms with Crippen LogP contribution in [0.25, 0.3) is 11.0 Å². The van der Waals surface area contributed by atoms with Gasteiger partial charge in [-0.15, -0.1) is 0 Å². The van der Waals surface area contributed by atoms with Crippen molar-refractivity contribution >= 4 is 28.9 Å². The molecule has 0 fully saturated rings. The highest BCUT2D eigenvalue weighted by atomic mass is 16.6. The molecule has 1 aromatic heterocycles. The highest BCUT2D eigenvalue weighted by Crippen LogP contribution is 2.27. The van der Waals surface area contributed by atoms with Crippen molar-refractivity contribution in [3.63, 3.8) is 0 Å². The summed E-state index contributed by atoms with van der Waals surface area (Å²) in [5.41, 5.74) is 1.06. The average Bonchev–Trinajstić information content (AvgIpc) is 2.94. The second-order valence-corrected chi connectivity index (χ2v) is 5.24. The molecule has 1 atom stereocenters. The summed E-state index contributed by atoms with van der Waals surface area (Å²) in [4.78, 5) is 35.6. The van der Waals surface area contributed by atoms with E-state index in [1.165, 1.54) is 14.0 Å². The number of rotatable bonds is 6. The van der Waals surface area contributed by atoms with Crippen molar-refractivity contribution in [3.05, 3.63) is 35.6 Å². The van der Waals surface area contributed by atoms with Crippen molar-refractivity contribution in [1.82, 2.24) is 10.6 Å². The van der Waals surface area contributed by atoms with Crippen LogP contribution in [0.1, 0.15) is 30.0 Å². The van der Waals surface area contributed by atoms with Gasteiger partial charge in [0.1, 0.15) is 5.58 Å². The lowest BCUT2D eigenvalue weighted by atomic mass is 10.1. The van der Waals surface area contributed by atoms with Crippen LogP contribution in [0, 0.1) is 0 Å². The molecule has 8 heteroatoms. The second kappa shape index (κ2) is 8.29. The van der Waals surface area contributed by atoms with Crippen LogP contribution in [0.15, 0.2) is 28.7 Å². The Morgan fingerprint density at radius 3 is 2.64 bits per heavy atom. The molecule has 2 rings (SSSR count). The minimum atomic E-state index is -1.17. The van der Waals surface area contributed by atoms with E-state index in [1.807, 2.05) is 6.07 Å². The first-order valence-electron chi connectivity index (χ1n) is 7.76. The van der Waals surface area contributed by atoms with E-state index in [4.69, 9.17) is 13.9 Å². The van der Waals surface area contributed by atoms with Gasteiger partial charge in [-0.1, -0.05) is 18.2 Å². The molecule has 3 amide bonds. The molecular weight excluding hydrogens is 328 g/mol. The fourth-order valence-electron chi connectivity index (χ4n) is 2.24. The fraction of sp³-hybridized carbons (Fsp3) is 0.353. The standard InChI is InChI=1S/C17H20N2O6/c1-4-18-17(22)19-15(20)10(2)24-16(21)14-12(9-23-3)11-7-5-6-8-13(11)25-14/h5-8,10H,4,9H2,1-3H3,(H2,18,19,20,22). The van der Waals surface area contributed by atoms with Crippen LogP contribution in [0.2, 0.25) is 0 Å². The zero-order valence-electron chi connectivity index (χ0n) is 14.3. The third-order valence-electron chi connectivity index (χ3n) is 3.40. The number of esters is 1. The number of hydrogen-bond acceptors (Lipinski definition) is 6. The number of furan rings is 1. The molecule has 0 aliphatic rings. The van der Waals surface area contributed by atoms with Gasteiger partial charge in [0.15, 0.2) is 6.10 Å². The molecule has 8 nitrogen and oxygen atoms in total. The summed E-state index contributed by atoms with van der Waals surface area (Å²) in [7, 11) is 1.50. The molecule has 0 saturated heterocycles. The van der Waals surface area contributed by atoms with Gasteiger partial charge in [0.2, 0.25) is 5.76 Å². The summed E-state index contributed by atoms with van der Waals surface area (Å²) in [5.74, 6) is -1.56. The Bertz CT molecular complexity index is 783. The largest absolute Gasteiger partial charge is 0.449 e. The number of methoxy groups -OCH3 is 1. The molecule has 0 saturated carbocycles. The predicted octanol–water partition coefficient (Wildman–Crippen LogP) is 1.97. The summed E-state index contributed by atoms with van der Waals surface area (Å²) >= 11 is 0.